The summed E-state index contributed by atoms with van der Waals surface area (Å²) >= 11 is 5.72. The average Bonchev–Trinajstić information content (AvgIpc) is 2.88. The Labute approximate surface area is 119 Å². The lowest BCUT2D eigenvalue weighted by molar-refractivity contribution is -0.216. The van der Waals surface area contributed by atoms with E-state index in [1.807, 2.05) is 0 Å². The third kappa shape index (κ3) is 2.91. The van der Waals surface area contributed by atoms with E-state index in [2.05, 4.69) is 10.6 Å². The molecule has 1 heterocycles. The number of halogens is 4. The van der Waals surface area contributed by atoms with E-state index in [1.165, 1.54) is 0 Å². The van der Waals surface area contributed by atoms with Gasteiger partial charge in [-0.1, -0.05) is 23.7 Å². The Morgan fingerprint density at radius 3 is 2.50 bits per heavy atom. The molecule has 1 aliphatic rings. The monoisotopic (exact) mass is 306 g/mol. The van der Waals surface area contributed by atoms with E-state index in [0.29, 0.717) is 10.6 Å². The van der Waals surface area contributed by atoms with E-state index < -0.39 is 17.5 Å². The van der Waals surface area contributed by atoms with Crippen LogP contribution in [0.3, 0.4) is 0 Å². The smallest absolute Gasteiger partial charge is 0.351 e. The zero-order chi connectivity index (χ0) is 14.8. The molecule has 110 valence electrons. The molecule has 2 N–H and O–H groups in total. The second-order valence-corrected chi connectivity index (χ2v) is 5.25. The van der Waals surface area contributed by atoms with Gasteiger partial charge in [0.25, 0.3) is 0 Å². The molecule has 20 heavy (non-hydrogen) atoms. The van der Waals surface area contributed by atoms with E-state index in [-0.39, 0.29) is 26.1 Å². The van der Waals surface area contributed by atoms with Crippen molar-refractivity contribution in [2.75, 3.05) is 13.1 Å². The minimum Gasteiger partial charge on any atom is -0.351 e. The minimum absolute atomic E-state index is 0.0494. The number of amides is 1. The molecule has 1 amide bonds. The van der Waals surface area contributed by atoms with Gasteiger partial charge in [0.05, 0.1) is 0 Å². The van der Waals surface area contributed by atoms with Gasteiger partial charge >= 0.3 is 6.18 Å². The Balaban J connectivity index is 2.05. The van der Waals surface area contributed by atoms with Crippen LogP contribution in [0.4, 0.5) is 13.2 Å². The summed E-state index contributed by atoms with van der Waals surface area (Å²) in [7, 11) is 0. The van der Waals surface area contributed by atoms with Crippen molar-refractivity contribution in [1.29, 1.82) is 0 Å². The first-order valence-corrected chi connectivity index (χ1v) is 6.53. The zero-order valence-corrected chi connectivity index (χ0v) is 11.3. The number of hydrogen-bond donors (Lipinski definition) is 2. The highest BCUT2D eigenvalue weighted by Crippen LogP contribution is 2.43. The van der Waals surface area contributed by atoms with Crippen LogP contribution in [0.5, 0.6) is 0 Å². The molecule has 1 unspecified atom stereocenters. The molecule has 0 aromatic heterocycles. The van der Waals surface area contributed by atoms with Crippen molar-refractivity contribution in [1.82, 2.24) is 10.6 Å². The van der Waals surface area contributed by atoms with E-state index in [9.17, 15) is 18.0 Å². The second kappa shape index (κ2) is 5.61. The van der Waals surface area contributed by atoms with Crippen LogP contribution in [0.1, 0.15) is 12.0 Å². The van der Waals surface area contributed by atoms with E-state index in [0.717, 1.165) is 0 Å². The summed E-state index contributed by atoms with van der Waals surface area (Å²) in [5.74, 6) is -0.982. The van der Waals surface area contributed by atoms with Gasteiger partial charge in [-0.05, 0) is 30.7 Å². The lowest BCUT2D eigenvalue weighted by atomic mass is 9.85. The first-order chi connectivity index (χ1) is 9.35. The summed E-state index contributed by atoms with van der Waals surface area (Å²) in [4.78, 5) is 12.0. The van der Waals surface area contributed by atoms with Gasteiger partial charge in [-0.2, -0.15) is 13.2 Å². The summed E-state index contributed by atoms with van der Waals surface area (Å²) in [6.07, 6.45) is -4.79. The van der Waals surface area contributed by atoms with Gasteiger partial charge in [-0.25, -0.2) is 0 Å². The molecular weight excluding hydrogens is 293 g/mol. The predicted molar refractivity (Wildman–Crippen MR) is 69.3 cm³/mol. The molecule has 1 aromatic carbocycles. The molecule has 1 atom stereocenters. The van der Waals surface area contributed by atoms with Crippen molar-refractivity contribution in [3.63, 3.8) is 0 Å². The van der Waals surface area contributed by atoms with Crippen molar-refractivity contribution in [3.05, 3.63) is 34.9 Å². The molecule has 0 saturated carbocycles. The molecule has 1 saturated heterocycles. The molecule has 0 aliphatic carbocycles. The lowest BCUT2D eigenvalue weighted by Crippen LogP contribution is -2.52. The van der Waals surface area contributed by atoms with E-state index in [1.54, 1.807) is 24.3 Å². The van der Waals surface area contributed by atoms with Crippen molar-refractivity contribution in [2.45, 2.75) is 19.1 Å². The normalized spacial score (nSPS) is 22.8. The van der Waals surface area contributed by atoms with Crippen LogP contribution >= 0.6 is 11.6 Å². The number of carbonyl (C=O) groups is 1. The highest BCUT2D eigenvalue weighted by Gasteiger charge is 2.61. The number of hydrogen-bond acceptors (Lipinski definition) is 2. The van der Waals surface area contributed by atoms with E-state index >= 15 is 0 Å². The van der Waals surface area contributed by atoms with Gasteiger partial charge in [0.15, 0.2) is 5.41 Å². The maximum absolute atomic E-state index is 13.1. The third-order valence-electron chi connectivity index (χ3n) is 3.50. The van der Waals surface area contributed by atoms with Gasteiger partial charge in [-0.15, -0.1) is 0 Å². The van der Waals surface area contributed by atoms with Crippen LogP contribution in [0, 0.1) is 5.41 Å². The maximum Gasteiger partial charge on any atom is 0.404 e. The van der Waals surface area contributed by atoms with Crippen molar-refractivity contribution < 1.29 is 18.0 Å². The van der Waals surface area contributed by atoms with Gasteiger partial charge < -0.3 is 10.6 Å². The quantitative estimate of drug-likeness (QED) is 0.901. The summed E-state index contributed by atoms with van der Waals surface area (Å²) in [6, 6.07) is 6.57. The Morgan fingerprint density at radius 1 is 1.35 bits per heavy atom. The molecule has 0 radical (unpaired) electrons. The molecule has 1 aliphatic heterocycles. The second-order valence-electron chi connectivity index (χ2n) is 4.82. The largest absolute Gasteiger partial charge is 0.404 e. The number of alkyl halides is 3. The zero-order valence-electron chi connectivity index (χ0n) is 10.6. The van der Waals surface area contributed by atoms with Crippen LogP contribution in [0.15, 0.2) is 24.3 Å². The Hall–Kier alpha value is -1.27. The first-order valence-electron chi connectivity index (χ1n) is 6.15. The molecule has 7 heteroatoms. The number of carbonyl (C=O) groups excluding carboxylic acids is 1. The highest BCUT2D eigenvalue weighted by atomic mass is 35.5. The number of nitrogens with one attached hydrogen (secondary N) is 2. The van der Waals surface area contributed by atoms with Gasteiger partial charge in [0.2, 0.25) is 5.91 Å². The SMILES string of the molecule is O=C(NCc1ccc(Cl)cc1)C1(C(F)(F)F)CCNC1. The van der Waals surface area contributed by atoms with Crippen molar-refractivity contribution in [2.24, 2.45) is 5.41 Å². The molecule has 0 bridgehead atoms. The fourth-order valence-corrected chi connectivity index (χ4v) is 2.34. The summed E-state index contributed by atoms with van der Waals surface area (Å²) < 4.78 is 39.4. The van der Waals surface area contributed by atoms with Crippen molar-refractivity contribution >= 4 is 17.5 Å². The lowest BCUT2D eigenvalue weighted by Gasteiger charge is -2.29. The van der Waals surface area contributed by atoms with Gasteiger partial charge in [-0.3, -0.25) is 4.79 Å². The first kappa shape index (κ1) is 15.1. The topological polar surface area (TPSA) is 41.1 Å². The molecule has 3 nitrogen and oxygen atoms in total. The minimum atomic E-state index is -4.55. The average molecular weight is 307 g/mol. The van der Waals surface area contributed by atoms with Crippen molar-refractivity contribution in [3.8, 4) is 0 Å². The fourth-order valence-electron chi connectivity index (χ4n) is 2.21. The maximum atomic E-state index is 13.1. The fraction of sp³-hybridized carbons (Fsp3) is 0.462. The molecule has 1 fully saturated rings. The third-order valence-corrected chi connectivity index (χ3v) is 3.75. The molecular formula is C13H14ClF3N2O. The van der Waals surface area contributed by atoms with Gasteiger partial charge in [0.1, 0.15) is 0 Å². The van der Waals surface area contributed by atoms with Crippen LogP contribution in [-0.2, 0) is 11.3 Å². The summed E-state index contributed by atoms with van der Waals surface area (Å²) in [6.45, 7) is -0.134. The predicted octanol–water partition coefficient (Wildman–Crippen LogP) is 2.50. The Bertz CT molecular complexity index is 481. The van der Waals surface area contributed by atoms with Crippen LogP contribution in [0.2, 0.25) is 5.02 Å². The molecule has 2 rings (SSSR count). The Kier molecular flexibility index (Phi) is 4.25. The number of rotatable bonds is 3. The van der Waals surface area contributed by atoms with Gasteiger partial charge in [0, 0.05) is 18.1 Å². The highest BCUT2D eigenvalue weighted by molar-refractivity contribution is 6.30. The summed E-state index contributed by atoms with van der Waals surface area (Å²) in [5.41, 5.74) is -1.62. The Morgan fingerprint density at radius 2 is 2.00 bits per heavy atom. The molecule has 1 aromatic rings. The summed E-state index contributed by atoms with van der Waals surface area (Å²) in [5, 5.41) is 5.51. The van der Waals surface area contributed by atoms with E-state index in [4.69, 9.17) is 11.6 Å². The molecule has 0 spiro atoms. The number of benzene rings is 1. The van der Waals surface area contributed by atoms with Crippen LogP contribution in [0.25, 0.3) is 0 Å². The van der Waals surface area contributed by atoms with Crippen LogP contribution in [-0.4, -0.2) is 25.2 Å². The standard InChI is InChI=1S/C13H14ClF3N2O/c14-10-3-1-9(2-4-10)7-19-11(20)12(13(15,16)17)5-6-18-8-12/h1-4,18H,5-8H2,(H,19,20). The van der Waals surface area contributed by atoms with Crippen LogP contribution < -0.4 is 10.6 Å².